The number of aliphatic hydroxyl groups excluding tert-OH is 1. The standard InChI is InChI=1S/C16H22N2O/c1-15(2,10-17)11-5-7-12(8-6-11)18-13-9-14(19)16(13,3)4/h5-8,13-14,18-19H,9H2,1-4H3. The molecule has 1 aliphatic carbocycles. The lowest BCUT2D eigenvalue weighted by Crippen LogP contribution is -2.56. The first-order chi connectivity index (χ1) is 8.77. The summed E-state index contributed by atoms with van der Waals surface area (Å²) in [7, 11) is 0. The Morgan fingerprint density at radius 1 is 1.32 bits per heavy atom. The second-order valence-corrected chi connectivity index (χ2v) is 6.58. The molecule has 2 N–H and O–H groups in total. The highest BCUT2D eigenvalue weighted by atomic mass is 16.3. The van der Waals surface area contributed by atoms with Crippen molar-refractivity contribution in [3.63, 3.8) is 0 Å². The number of aliphatic hydroxyl groups is 1. The van der Waals surface area contributed by atoms with E-state index in [0.29, 0.717) is 6.04 Å². The summed E-state index contributed by atoms with van der Waals surface area (Å²) in [4.78, 5) is 0. The minimum Gasteiger partial charge on any atom is -0.392 e. The zero-order chi connectivity index (χ0) is 14.3. The van der Waals surface area contributed by atoms with Crippen LogP contribution in [0.25, 0.3) is 0 Å². The van der Waals surface area contributed by atoms with Gasteiger partial charge in [0, 0.05) is 17.1 Å². The van der Waals surface area contributed by atoms with Crippen LogP contribution >= 0.6 is 0 Å². The molecule has 0 saturated heterocycles. The van der Waals surface area contributed by atoms with E-state index in [9.17, 15) is 5.11 Å². The summed E-state index contributed by atoms with van der Waals surface area (Å²) in [5, 5.41) is 22.3. The van der Waals surface area contributed by atoms with Gasteiger partial charge in [-0.1, -0.05) is 26.0 Å². The van der Waals surface area contributed by atoms with Gasteiger partial charge in [-0.05, 0) is 38.0 Å². The van der Waals surface area contributed by atoms with Crippen LogP contribution in [0.3, 0.4) is 0 Å². The molecule has 2 atom stereocenters. The van der Waals surface area contributed by atoms with E-state index >= 15 is 0 Å². The van der Waals surface area contributed by atoms with Gasteiger partial charge in [0.1, 0.15) is 0 Å². The van der Waals surface area contributed by atoms with Crippen LogP contribution in [0.2, 0.25) is 0 Å². The van der Waals surface area contributed by atoms with E-state index in [1.165, 1.54) is 0 Å². The van der Waals surface area contributed by atoms with E-state index in [4.69, 9.17) is 5.26 Å². The molecule has 0 spiro atoms. The maximum absolute atomic E-state index is 9.73. The van der Waals surface area contributed by atoms with E-state index in [1.807, 2.05) is 38.1 Å². The predicted molar refractivity (Wildman–Crippen MR) is 76.9 cm³/mol. The lowest BCUT2D eigenvalue weighted by Gasteiger charge is -2.49. The highest BCUT2D eigenvalue weighted by Gasteiger charge is 2.47. The van der Waals surface area contributed by atoms with Crippen LogP contribution < -0.4 is 5.32 Å². The van der Waals surface area contributed by atoms with Crippen molar-refractivity contribution in [2.24, 2.45) is 5.41 Å². The number of rotatable bonds is 3. The molecular weight excluding hydrogens is 236 g/mol. The Bertz CT molecular complexity index is 496. The Labute approximate surface area is 115 Å². The second-order valence-electron chi connectivity index (χ2n) is 6.58. The summed E-state index contributed by atoms with van der Waals surface area (Å²) in [6, 6.07) is 10.6. The molecule has 102 valence electrons. The van der Waals surface area contributed by atoms with Crippen LogP contribution in [0.1, 0.15) is 39.7 Å². The van der Waals surface area contributed by atoms with Crippen LogP contribution in [0.15, 0.2) is 24.3 Å². The summed E-state index contributed by atoms with van der Waals surface area (Å²) in [6.07, 6.45) is 0.570. The second kappa shape index (κ2) is 4.54. The molecule has 1 fully saturated rings. The van der Waals surface area contributed by atoms with Gasteiger partial charge < -0.3 is 10.4 Å². The third-order valence-corrected chi connectivity index (χ3v) is 4.44. The molecule has 1 aromatic carbocycles. The summed E-state index contributed by atoms with van der Waals surface area (Å²) in [6.45, 7) is 7.99. The van der Waals surface area contributed by atoms with Crippen molar-refractivity contribution < 1.29 is 5.11 Å². The van der Waals surface area contributed by atoms with Crippen molar-refractivity contribution >= 4 is 5.69 Å². The summed E-state index contributed by atoms with van der Waals surface area (Å²) in [5.74, 6) is 0. The molecule has 3 heteroatoms. The molecule has 1 aromatic rings. The number of benzene rings is 1. The third-order valence-electron chi connectivity index (χ3n) is 4.44. The zero-order valence-electron chi connectivity index (χ0n) is 12.1. The third kappa shape index (κ3) is 2.46. The van der Waals surface area contributed by atoms with E-state index in [1.54, 1.807) is 0 Å². The van der Waals surface area contributed by atoms with E-state index in [2.05, 4.69) is 25.2 Å². The largest absolute Gasteiger partial charge is 0.392 e. The SMILES string of the molecule is CC(C)(C#N)c1ccc(NC2CC(O)C2(C)C)cc1. The van der Waals surface area contributed by atoms with Crippen molar-refractivity contribution in [1.82, 2.24) is 0 Å². The minimum atomic E-state index is -0.454. The molecule has 1 aliphatic rings. The Morgan fingerprint density at radius 2 is 1.89 bits per heavy atom. The molecule has 2 rings (SSSR count). The van der Waals surface area contributed by atoms with E-state index in [-0.39, 0.29) is 11.5 Å². The number of hydrogen-bond acceptors (Lipinski definition) is 3. The summed E-state index contributed by atoms with van der Waals surface area (Å²) >= 11 is 0. The quantitative estimate of drug-likeness (QED) is 0.876. The van der Waals surface area contributed by atoms with Gasteiger partial charge in [0.15, 0.2) is 0 Å². The topological polar surface area (TPSA) is 56.0 Å². The average molecular weight is 258 g/mol. The Kier molecular flexibility index (Phi) is 3.32. The highest BCUT2D eigenvalue weighted by molar-refractivity contribution is 5.48. The van der Waals surface area contributed by atoms with Gasteiger partial charge in [-0.25, -0.2) is 0 Å². The molecule has 2 unspecified atom stereocenters. The van der Waals surface area contributed by atoms with Gasteiger partial charge in [-0.15, -0.1) is 0 Å². The number of anilines is 1. The zero-order valence-corrected chi connectivity index (χ0v) is 12.1. The number of nitriles is 1. The molecule has 0 aliphatic heterocycles. The van der Waals surface area contributed by atoms with Crippen LogP contribution in [-0.2, 0) is 5.41 Å². The van der Waals surface area contributed by atoms with Gasteiger partial charge >= 0.3 is 0 Å². The number of nitrogens with zero attached hydrogens (tertiary/aromatic N) is 1. The normalized spacial score (nSPS) is 25.3. The minimum absolute atomic E-state index is 0.0788. The Balaban J connectivity index is 2.07. The summed E-state index contributed by atoms with van der Waals surface area (Å²) < 4.78 is 0. The monoisotopic (exact) mass is 258 g/mol. The molecule has 1 saturated carbocycles. The lowest BCUT2D eigenvalue weighted by atomic mass is 9.64. The van der Waals surface area contributed by atoms with Crippen LogP contribution in [0.5, 0.6) is 0 Å². The van der Waals surface area contributed by atoms with Crippen molar-refractivity contribution in [3.8, 4) is 6.07 Å². The lowest BCUT2D eigenvalue weighted by molar-refractivity contribution is -0.0510. The van der Waals surface area contributed by atoms with Gasteiger partial charge in [-0.3, -0.25) is 0 Å². The fourth-order valence-corrected chi connectivity index (χ4v) is 2.40. The fraction of sp³-hybridized carbons (Fsp3) is 0.562. The first-order valence-corrected chi connectivity index (χ1v) is 6.74. The van der Waals surface area contributed by atoms with Crippen LogP contribution in [-0.4, -0.2) is 17.3 Å². The van der Waals surface area contributed by atoms with Crippen molar-refractivity contribution in [3.05, 3.63) is 29.8 Å². The first-order valence-electron chi connectivity index (χ1n) is 6.74. The maximum Gasteiger partial charge on any atom is 0.0766 e. The molecule has 0 radical (unpaired) electrons. The fourth-order valence-electron chi connectivity index (χ4n) is 2.40. The van der Waals surface area contributed by atoms with Crippen molar-refractivity contribution in [2.45, 2.75) is 51.7 Å². The maximum atomic E-state index is 9.73. The van der Waals surface area contributed by atoms with Crippen LogP contribution in [0, 0.1) is 16.7 Å². The van der Waals surface area contributed by atoms with E-state index < -0.39 is 5.41 Å². The molecular formula is C16H22N2O. The van der Waals surface area contributed by atoms with Crippen LogP contribution in [0.4, 0.5) is 5.69 Å². The van der Waals surface area contributed by atoms with E-state index in [0.717, 1.165) is 17.7 Å². The predicted octanol–water partition coefficient (Wildman–Crippen LogP) is 3.06. The average Bonchev–Trinajstić information content (AvgIpc) is 2.39. The number of hydrogen-bond donors (Lipinski definition) is 2. The Hall–Kier alpha value is -1.53. The molecule has 0 aromatic heterocycles. The van der Waals surface area contributed by atoms with Gasteiger partial charge in [0.2, 0.25) is 0 Å². The number of nitrogens with one attached hydrogen (secondary N) is 1. The van der Waals surface area contributed by atoms with Crippen molar-refractivity contribution in [2.75, 3.05) is 5.32 Å². The molecule has 0 heterocycles. The summed E-state index contributed by atoms with van der Waals surface area (Å²) in [5.41, 5.74) is 1.53. The van der Waals surface area contributed by atoms with Gasteiger partial charge in [-0.2, -0.15) is 5.26 Å². The van der Waals surface area contributed by atoms with Gasteiger partial charge in [0.05, 0.1) is 17.6 Å². The molecule has 0 amide bonds. The van der Waals surface area contributed by atoms with Crippen molar-refractivity contribution in [1.29, 1.82) is 5.26 Å². The molecule has 0 bridgehead atoms. The molecule has 3 nitrogen and oxygen atoms in total. The smallest absolute Gasteiger partial charge is 0.0766 e. The highest BCUT2D eigenvalue weighted by Crippen LogP contribution is 2.42. The first kappa shape index (κ1) is 13.9. The van der Waals surface area contributed by atoms with Gasteiger partial charge in [0.25, 0.3) is 0 Å². The molecule has 19 heavy (non-hydrogen) atoms. The Morgan fingerprint density at radius 3 is 2.32 bits per heavy atom.